The van der Waals surface area contributed by atoms with Crippen molar-refractivity contribution in [2.75, 3.05) is 33.4 Å². The number of morpholine rings is 1. The Bertz CT molecular complexity index is 747. The summed E-state index contributed by atoms with van der Waals surface area (Å²) in [6, 6.07) is 4.89. The molecule has 2 aromatic rings. The molecule has 25 heavy (non-hydrogen) atoms. The number of aromatic nitrogens is 1. The Balaban J connectivity index is 1.61. The molecule has 1 aromatic carbocycles. The molecule has 1 aromatic heterocycles. The molecule has 0 unspecified atom stereocenters. The molecule has 134 valence electrons. The Hall–Kier alpha value is -1.18. The van der Waals surface area contributed by atoms with Crippen LogP contribution in [0.5, 0.6) is 0 Å². The number of halogens is 2. The molecular formula is C17H19Cl2N3O2S. The lowest BCUT2D eigenvalue weighted by Gasteiger charge is -2.25. The second-order valence-electron chi connectivity index (χ2n) is 5.91. The van der Waals surface area contributed by atoms with Crippen molar-refractivity contribution in [2.24, 2.45) is 0 Å². The first-order valence-electron chi connectivity index (χ1n) is 7.97. The Labute approximate surface area is 161 Å². The van der Waals surface area contributed by atoms with Crippen LogP contribution in [0, 0.1) is 0 Å². The quantitative estimate of drug-likeness (QED) is 0.770. The number of ether oxygens (including phenoxy) is 1. The molecule has 3 rings (SSSR count). The number of hydrogen-bond acceptors (Lipinski definition) is 5. The topological polar surface area (TPSA) is 45.7 Å². The third-order valence-electron chi connectivity index (χ3n) is 3.97. The SMILES string of the molecule is CN(Cc1csc(CN2CCOCC2)n1)C(=O)c1cc(Cl)ccc1Cl. The Morgan fingerprint density at radius 1 is 1.36 bits per heavy atom. The van der Waals surface area contributed by atoms with Crippen molar-refractivity contribution in [1.29, 1.82) is 0 Å². The maximum atomic E-state index is 12.6. The van der Waals surface area contributed by atoms with Crippen LogP contribution in [0.2, 0.25) is 10.0 Å². The predicted octanol–water partition coefficient (Wildman–Crippen LogP) is 3.55. The summed E-state index contributed by atoms with van der Waals surface area (Å²) >= 11 is 13.7. The zero-order valence-corrected chi connectivity index (χ0v) is 16.2. The molecule has 1 amide bonds. The monoisotopic (exact) mass is 399 g/mol. The van der Waals surface area contributed by atoms with Gasteiger partial charge in [-0.3, -0.25) is 9.69 Å². The van der Waals surface area contributed by atoms with E-state index < -0.39 is 0 Å². The summed E-state index contributed by atoms with van der Waals surface area (Å²) in [5, 5.41) is 3.94. The maximum Gasteiger partial charge on any atom is 0.255 e. The highest BCUT2D eigenvalue weighted by atomic mass is 35.5. The Morgan fingerprint density at radius 2 is 2.12 bits per heavy atom. The molecular weight excluding hydrogens is 381 g/mol. The van der Waals surface area contributed by atoms with Crippen molar-refractivity contribution in [3.63, 3.8) is 0 Å². The van der Waals surface area contributed by atoms with Crippen molar-refractivity contribution in [1.82, 2.24) is 14.8 Å². The lowest BCUT2D eigenvalue weighted by molar-refractivity contribution is 0.0341. The van der Waals surface area contributed by atoms with E-state index in [1.807, 2.05) is 5.38 Å². The van der Waals surface area contributed by atoms with Crippen LogP contribution in [0.15, 0.2) is 23.6 Å². The van der Waals surface area contributed by atoms with E-state index in [1.165, 1.54) is 0 Å². The van der Waals surface area contributed by atoms with Gasteiger partial charge in [-0.2, -0.15) is 0 Å². The van der Waals surface area contributed by atoms with Crippen LogP contribution in [0.4, 0.5) is 0 Å². The molecule has 8 heteroatoms. The highest BCUT2D eigenvalue weighted by Crippen LogP contribution is 2.23. The number of carbonyl (C=O) groups is 1. The molecule has 2 heterocycles. The molecule has 1 aliphatic rings. The van der Waals surface area contributed by atoms with Crippen LogP contribution in [-0.2, 0) is 17.8 Å². The molecule has 0 aliphatic carbocycles. The Morgan fingerprint density at radius 3 is 2.88 bits per heavy atom. The summed E-state index contributed by atoms with van der Waals surface area (Å²) in [6.45, 7) is 4.67. The zero-order chi connectivity index (χ0) is 17.8. The van der Waals surface area contributed by atoms with Gasteiger partial charge in [-0.25, -0.2) is 4.98 Å². The van der Waals surface area contributed by atoms with Crippen molar-refractivity contribution in [2.45, 2.75) is 13.1 Å². The lowest BCUT2D eigenvalue weighted by Crippen LogP contribution is -2.35. The second-order valence-corrected chi connectivity index (χ2v) is 7.69. The van der Waals surface area contributed by atoms with E-state index in [9.17, 15) is 4.79 Å². The third kappa shape index (κ3) is 4.92. The van der Waals surface area contributed by atoms with E-state index in [1.54, 1.807) is 41.5 Å². The Kier molecular flexibility index (Phi) is 6.30. The van der Waals surface area contributed by atoms with Gasteiger partial charge >= 0.3 is 0 Å². The maximum absolute atomic E-state index is 12.6. The molecule has 0 saturated carbocycles. The van der Waals surface area contributed by atoms with Crippen LogP contribution < -0.4 is 0 Å². The minimum absolute atomic E-state index is 0.171. The number of carbonyl (C=O) groups excluding carboxylic acids is 1. The van der Waals surface area contributed by atoms with Gasteiger partial charge < -0.3 is 9.64 Å². The van der Waals surface area contributed by atoms with Crippen LogP contribution in [-0.4, -0.2) is 54.0 Å². The summed E-state index contributed by atoms with van der Waals surface area (Å²) in [7, 11) is 1.74. The molecule has 1 aliphatic heterocycles. The number of thiazole rings is 1. The van der Waals surface area contributed by atoms with Crippen molar-refractivity contribution >= 4 is 40.4 Å². The highest BCUT2D eigenvalue weighted by Gasteiger charge is 2.18. The molecule has 1 fully saturated rings. The van der Waals surface area contributed by atoms with E-state index in [4.69, 9.17) is 27.9 Å². The van der Waals surface area contributed by atoms with Gasteiger partial charge in [0.05, 0.1) is 42.6 Å². The van der Waals surface area contributed by atoms with Crippen LogP contribution in [0.25, 0.3) is 0 Å². The van der Waals surface area contributed by atoms with E-state index in [-0.39, 0.29) is 5.91 Å². The summed E-state index contributed by atoms with van der Waals surface area (Å²) in [6.07, 6.45) is 0. The van der Waals surface area contributed by atoms with Crippen molar-refractivity contribution < 1.29 is 9.53 Å². The fourth-order valence-corrected chi connectivity index (χ4v) is 3.82. The first-order chi connectivity index (χ1) is 12.0. The van der Waals surface area contributed by atoms with E-state index in [0.717, 1.165) is 43.5 Å². The zero-order valence-electron chi connectivity index (χ0n) is 13.9. The van der Waals surface area contributed by atoms with Gasteiger partial charge in [0.15, 0.2) is 0 Å². The van der Waals surface area contributed by atoms with E-state index in [0.29, 0.717) is 22.2 Å². The number of rotatable bonds is 5. The summed E-state index contributed by atoms with van der Waals surface area (Å²) in [5.74, 6) is -0.171. The van der Waals surface area contributed by atoms with Gasteiger partial charge in [0.1, 0.15) is 5.01 Å². The predicted molar refractivity (Wildman–Crippen MR) is 100 cm³/mol. The summed E-state index contributed by atoms with van der Waals surface area (Å²) in [4.78, 5) is 21.2. The van der Waals surface area contributed by atoms with E-state index >= 15 is 0 Å². The van der Waals surface area contributed by atoms with Gasteiger partial charge in [-0.05, 0) is 18.2 Å². The normalized spacial score (nSPS) is 15.3. The third-order valence-corrected chi connectivity index (χ3v) is 5.41. The second kappa shape index (κ2) is 8.47. The molecule has 0 atom stereocenters. The summed E-state index contributed by atoms with van der Waals surface area (Å²) < 4.78 is 5.36. The molecule has 0 N–H and O–H groups in total. The number of amides is 1. The summed E-state index contributed by atoms with van der Waals surface area (Å²) in [5.41, 5.74) is 1.28. The van der Waals surface area contributed by atoms with Gasteiger partial charge in [0, 0.05) is 30.5 Å². The van der Waals surface area contributed by atoms with Gasteiger partial charge in [0.2, 0.25) is 0 Å². The smallest absolute Gasteiger partial charge is 0.255 e. The minimum Gasteiger partial charge on any atom is -0.379 e. The molecule has 0 bridgehead atoms. The lowest BCUT2D eigenvalue weighted by atomic mass is 10.2. The van der Waals surface area contributed by atoms with Crippen LogP contribution in [0.1, 0.15) is 21.1 Å². The number of nitrogens with zero attached hydrogens (tertiary/aromatic N) is 3. The van der Waals surface area contributed by atoms with Crippen molar-refractivity contribution in [3.05, 3.63) is 49.9 Å². The average Bonchev–Trinajstić information content (AvgIpc) is 3.04. The van der Waals surface area contributed by atoms with Gasteiger partial charge in [0.25, 0.3) is 5.91 Å². The molecule has 0 radical (unpaired) electrons. The first kappa shape index (κ1) is 18.6. The standard InChI is InChI=1S/C17H19Cl2N3O2S/c1-21(17(23)14-8-12(18)2-3-15(14)19)9-13-11-25-16(20-13)10-22-4-6-24-7-5-22/h2-3,8,11H,4-7,9-10H2,1H3. The van der Waals surface area contributed by atoms with Gasteiger partial charge in [-0.1, -0.05) is 23.2 Å². The highest BCUT2D eigenvalue weighted by molar-refractivity contribution is 7.09. The molecule has 0 spiro atoms. The van der Waals surface area contributed by atoms with Crippen LogP contribution >= 0.6 is 34.5 Å². The largest absolute Gasteiger partial charge is 0.379 e. The van der Waals surface area contributed by atoms with Crippen LogP contribution in [0.3, 0.4) is 0 Å². The number of benzene rings is 1. The minimum atomic E-state index is -0.171. The fourth-order valence-electron chi connectivity index (χ4n) is 2.63. The first-order valence-corrected chi connectivity index (χ1v) is 9.60. The fraction of sp³-hybridized carbons (Fsp3) is 0.412. The van der Waals surface area contributed by atoms with Crippen molar-refractivity contribution in [3.8, 4) is 0 Å². The molecule has 5 nitrogen and oxygen atoms in total. The number of hydrogen-bond donors (Lipinski definition) is 0. The van der Waals surface area contributed by atoms with Gasteiger partial charge in [-0.15, -0.1) is 11.3 Å². The average molecular weight is 400 g/mol. The van der Waals surface area contributed by atoms with E-state index in [2.05, 4.69) is 9.88 Å². The molecule has 1 saturated heterocycles.